The third kappa shape index (κ3) is 4.15. The number of pyridine rings is 1. The quantitative estimate of drug-likeness (QED) is 0.197. The summed E-state index contributed by atoms with van der Waals surface area (Å²) in [4.78, 5) is 11.9. The molecule has 0 amide bonds. The zero-order valence-electron chi connectivity index (χ0n) is 25.6. The van der Waals surface area contributed by atoms with E-state index in [-0.39, 0.29) is 0 Å². The lowest BCUT2D eigenvalue weighted by atomic mass is 9.62. The lowest BCUT2D eigenvalue weighted by Gasteiger charge is -2.46. The maximum Gasteiger partial charge on any atom is 0.145 e. The Morgan fingerprint density at radius 3 is 1.60 bits per heavy atom. The predicted molar refractivity (Wildman–Crippen MR) is 191 cm³/mol. The molecule has 0 N–H and O–H groups in total. The van der Waals surface area contributed by atoms with Crippen LogP contribution in [0.4, 0.5) is 17.1 Å². The second-order valence-electron chi connectivity index (χ2n) is 11.9. The van der Waals surface area contributed by atoms with Crippen LogP contribution in [0, 0.1) is 0 Å². The van der Waals surface area contributed by atoms with Gasteiger partial charge in [-0.1, -0.05) is 115 Å². The highest BCUT2D eigenvalue weighted by molar-refractivity contribution is 5.90. The van der Waals surface area contributed by atoms with Crippen molar-refractivity contribution in [3.63, 3.8) is 0 Å². The van der Waals surface area contributed by atoms with Crippen LogP contribution in [0.1, 0.15) is 22.3 Å². The van der Waals surface area contributed by atoms with Crippen molar-refractivity contribution in [2.24, 2.45) is 0 Å². The van der Waals surface area contributed by atoms with E-state index in [1.165, 1.54) is 22.3 Å². The zero-order valence-corrected chi connectivity index (χ0v) is 25.6. The van der Waals surface area contributed by atoms with Crippen LogP contribution in [0.25, 0.3) is 28.1 Å². The van der Waals surface area contributed by atoms with Gasteiger partial charge in [0.15, 0.2) is 0 Å². The fraction of sp³-hybridized carbons (Fsp3) is 0.0233. The third-order valence-corrected chi connectivity index (χ3v) is 9.37. The minimum absolute atomic E-state index is 0.485. The number of rotatable bonds is 5. The van der Waals surface area contributed by atoms with Crippen LogP contribution in [0.2, 0.25) is 0 Å². The van der Waals surface area contributed by atoms with Gasteiger partial charge in [0, 0.05) is 23.1 Å². The number of nitrogens with zero attached hydrogens (tertiary/aromatic N) is 4. The van der Waals surface area contributed by atoms with Gasteiger partial charge in [-0.3, -0.25) is 9.55 Å². The van der Waals surface area contributed by atoms with E-state index in [1.807, 2.05) is 18.3 Å². The van der Waals surface area contributed by atoms with Gasteiger partial charge in [0.25, 0.3) is 0 Å². The predicted octanol–water partition coefficient (Wildman–Crippen LogP) is 10.3. The molecule has 0 unspecified atom stereocenters. The first-order valence-corrected chi connectivity index (χ1v) is 15.9. The Balaban J connectivity index is 1.24. The van der Waals surface area contributed by atoms with Gasteiger partial charge < -0.3 is 4.90 Å². The molecule has 1 aliphatic heterocycles. The standard InChI is InChI=1S/C43H30N4/c1-4-14-32(15-5-1)43(33-16-6-2-7-17-33)36-20-10-12-22-39(36)46(40-23-13-11-21-37(40)43)35-26-24-31(25-27-35)42-45-38-28-29-44-30-41(38)47(42)34-18-8-3-9-19-34/h1-30H. The highest BCUT2D eigenvalue weighted by Crippen LogP contribution is 2.57. The molecule has 0 atom stereocenters. The smallest absolute Gasteiger partial charge is 0.145 e. The van der Waals surface area contributed by atoms with Crippen molar-refractivity contribution in [1.29, 1.82) is 0 Å². The summed E-state index contributed by atoms with van der Waals surface area (Å²) in [6.07, 6.45) is 3.69. The minimum Gasteiger partial charge on any atom is -0.310 e. The second-order valence-corrected chi connectivity index (χ2v) is 11.9. The topological polar surface area (TPSA) is 34.0 Å². The fourth-order valence-electron chi connectivity index (χ4n) is 7.40. The van der Waals surface area contributed by atoms with E-state index in [1.54, 1.807) is 6.20 Å². The average molecular weight is 603 g/mol. The molecule has 0 radical (unpaired) electrons. The molecule has 222 valence electrons. The zero-order chi connectivity index (χ0) is 31.2. The third-order valence-electron chi connectivity index (χ3n) is 9.37. The molecule has 0 spiro atoms. The summed E-state index contributed by atoms with van der Waals surface area (Å²) < 4.78 is 2.19. The Kier molecular flexibility index (Phi) is 6.32. The van der Waals surface area contributed by atoms with E-state index >= 15 is 0 Å². The maximum absolute atomic E-state index is 5.07. The van der Waals surface area contributed by atoms with E-state index in [0.717, 1.165) is 45.2 Å². The monoisotopic (exact) mass is 602 g/mol. The fourth-order valence-corrected chi connectivity index (χ4v) is 7.40. The summed E-state index contributed by atoms with van der Waals surface area (Å²) >= 11 is 0. The van der Waals surface area contributed by atoms with E-state index in [4.69, 9.17) is 4.98 Å². The first-order chi connectivity index (χ1) is 23.3. The number of aromatic nitrogens is 3. The molecular formula is C43H30N4. The van der Waals surface area contributed by atoms with Gasteiger partial charge in [0.2, 0.25) is 0 Å². The Morgan fingerprint density at radius 1 is 0.468 bits per heavy atom. The number of imidazole rings is 1. The van der Waals surface area contributed by atoms with E-state index in [2.05, 4.69) is 172 Å². The molecule has 0 aliphatic carbocycles. The number of hydrogen-bond donors (Lipinski definition) is 0. The van der Waals surface area contributed by atoms with Gasteiger partial charge in [-0.25, -0.2) is 4.98 Å². The molecule has 6 aromatic carbocycles. The summed E-state index contributed by atoms with van der Waals surface area (Å²) in [7, 11) is 0. The van der Waals surface area contributed by atoms with Gasteiger partial charge >= 0.3 is 0 Å². The largest absolute Gasteiger partial charge is 0.310 e. The van der Waals surface area contributed by atoms with Gasteiger partial charge in [-0.05, 0) is 76.9 Å². The summed E-state index contributed by atoms with van der Waals surface area (Å²) in [5.41, 5.74) is 11.9. The van der Waals surface area contributed by atoms with Crippen molar-refractivity contribution in [1.82, 2.24) is 14.5 Å². The Bertz CT molecular complexity index is 2260. The van der Waals surface area contributed by atoms with Crippen LogP contribution >= 0.6 is 0 Å². The van der Waals surface area contributed by atoms with Crippen LogP contribution in [0.3, 0.4) is 0 Å². The number of fused-ring (bicyclic) bond motifs is 3. The lowest BCUT2D eigenvalue weighted by molar-refractivity contribution is 0.731. The number of benzene rings is 6. The van der Waals surface area contributed by atoms with Crippen molar-refractivity contribution in [3.05, 3.63) is 205 Å². The molecule has 2 aromatic heterocycles. The van der Waals surface area contributed by atoms with Crippen molar-refractivity contribution in [3.8, 4) is 17.1 Å². The van der Waals surface area contributed by atoms with Gasteiger partial charge in [-0.2, -0.15) is 0 Å². The molecule has 47 heavy (non-hydrogen) atoms. The minimum atomic E-state index is -0.485. The Labute approximate surface area is 273 Å². The van der Waals surface area contributed by atoms with Crippen molar-refractivity contribution in [2.45, 2.75) is 5.41 Å². The average Bonchev–Trinajstić information content (AvgIpc) is 3.55. The Hall–Kier alpha value is -6.26. The first-order valence-electron chi connectivity index (χ1n) is 15.9. The van der Waals surface area contributed by atoms with Gasteiger partial charge in [0.1, 0.15) is 5.82 Å². The molecule has 9 rings (SSSR count). The van der Waals surface area contributed by atoms with E-state index < -0.39 is 5.41 Å². The SMILES string of the molecule is c1ccc(-n2c(-c3ccc(N4c5ccccc5C(c5ccccc5)(c5ccccc5)c5ccccc54)cc3)nc3ccncc32)cc1. The second kappa shape index (κ2) is 11.0. The number of para-hydroxylation sites is 3. The first kappa shape index (κ1) is 27.1. The maximum atomic E-state index is 5.07. The molecule has 4 heteroatoms. The van der Waals surface area contributed by atoms with E-state index in [9.17, 15) is 0 Å². The summed E-state index contributed by atoms with van der Waals surface area (Å²) in [6.45, 7) is 0. The molecule has 4 nitrogen and oxygen atoms in total. The molecule has 8 aromatic rings. The number of hydrogen-bond acceptors (Lipinski definition) is 3. The van der Waals surface area contributed by atoms with Crippen LogP contribution < -0.4 is 4.90 Å². The normalized spacial score (nSPS) is 13.2. The van der Waals surface area contributed by atoms with Crippen molar-refractivity contribution >= 4 is 28.1 Å². The molecule has 0 saturated heterocycles. The van der Waals surface area contributed by atoms with Crippen LogP contribution in [0.5, 0.6) is 0 Å². The van der Waals surface area contributed by atoms with Crippen LogP contribution in [0.15, 0.2) is 182 Å². The molecule has 1 aliphatic rings. The van der Waals surface area contributed by atoms with Crippen molar-refractivity contribution in [2.75, 3.05) is 4.90 Å². The molecular weight excluding hydrogens is 573 g/mol. The Morgan fingerprint density at radius 2 is 1.00 bits per heavy atom. The molecule has 3 heterocycles. The summed E-state index contributed by atoms with van der Waals surface area (Å²) in [5.74, 6) is 0.886. The summed E-state index contributed by atoms with van der Waals surface area (Å²) in [5, 5.41) is 0. The highest BCUT2D eigenvalue weighted by Gasteiger charge is 2.46. The number of anilines is 3. The van der Waals surface area contributed by atoms with Crippen LogP contribution in [-0.2, 0) is 5.41 Å². The van der Waals surface area contributed by atoms with Gasteiger partial charge in [0.05, 0.1) is 34.0 Å². The van der Waals surface area contributed by atoms with Crippen LogP contribution in [-0.4, -0.2) is 14.5 Å². The molecule has 0 saturated carbocycles. The molecule has 0 fully saturated rings. The van der Waals surface area contributed by atoms with Gasteiger partial charge in [-0.15, -0.1) is 0 Å². The summed E-state index contributed by atoms with van der Waals surface area (Å²) in [6, 6.07) is 60.7. The molecule has 0 bridgehead atoms. The lowest BCUT2D eigenvalue weighted by Crippen LogP contribution is -2.37. The highest BCUT2D eigenvalue weighted by atomic mass is 15.2. The van der Waals surface area contributed by atoms with E-state index in [0.29, 0.717) is 0 Å². The van der Waals surface area contributed by atoms with Crippen molar-refractivity contribution < 1.29 is 0 Å².